The smallest absolute Gasteiger partial charge is 0.256 e. The van der Waals surface area contributed by atoms with Crippen LogP contribution < -0.4 is 16.0 Å². The van der Waals surface area contributed by atoms with Gasteiger partial charge >= 0.3 is 0 Å². The number of carbonyl (C=O) groups excluding carboxylic acids is 2. The minimum atomic E-state index is -0.438. The lowest BCUT2D eigenvalue weighted by atomic mass is 9.99. The number of halogens is 1. The van der Waals surface area contributed by atoms with Gasteiger partial charge in [0.25, 0.3) is 5.91 Å². The minimum absolute atomic E-state index is 0.103. The van der Waals surface area contributed by atoms with E-state index >= 15 is 4.39 Å². The standard InChI is InChI=1S/C26H25FN4O2/c1-30-10-5-11-31(13-12-30)23-15-21(28)22(14-20(23)27)29-26(33)19-9-4-8-18-24(19)16-6-2-3-7-17(16)25(18)32/h2-4,6-9,14-15H,5,10-13,28H2,1H3,(H,29,33). The molecule has 0 radical (unpaired) electrons. The second kappa shape index (κ2) is 8.33. The molecule has 1 amide bonds. The zero-order valence-corrected chi connectivity index (χ0v) is 18.4. The Kier molecular flexibility index (Phi) is 5.34. The third kappa shape index (κ3) is 3.74. The van der Waals surface area contributed by atoms with Gasteiger partial charge in [0, 0.05) is 48.0 Å². The number of fused-ring (bicyclic) bond motifs is 3. The molecule has 2 aliphatic rings. The van der Waals surface area contributed by atoms with Gasteiger partial charge in [0.05, 0.1) is 17.1 Å². The van der Waals surface area contributed by atoms with Crippen molar-refractivity contribution in [1.82, 2.24) is 4.90 Å². The molecule has 5 rings (SSSR count). The van der Waals surface area contributed by atoms with Crippen molar-refractivity contribution in [3.05, 3.63) is 77.1 Å². The minimum Gasteiger partial charge on any atom is -0.397 e. The molecule has 6 nitrogen and oxygen atoms in total. The average molecular weight is 445 g/mol. The molecule has 0 aromatic heterocycles. The van der Waals surface area contributed by atoms with Crippen molar-refractivity contribution in [2.75, 3.05) is 49.2 Å². The molecule has 1 aliphatic carbocycles. The molecule has 0 bridgehead atoms. The van der Waals surface area contributed by atoms with E-state index in [0.29, 0.717) is 40.2 Å². The lowest BCUT2D eigenvalue weighted by Crippen LogP contribution is -2.29. The predicted molar refractivity (Wildman–Crippen MR) is 128 cm³/mol. The van der Waals surface area contributed by atoms with Crippen LogP contribution >= 0.6 is 0 Å². The van der Waals surface area contributed by atoms with E-state index < -0.39 is 11.7 Å². The van der Waals surface area contributed by atoms with Gasteiger partial charge in [-0.2, -0.15) is 0 Å². The fraction of sp³-hybridized carbons (Fsp3) is 0.231. The van der Waals surface area contributed by atoms with Crippen molar-refractivity contribution >= 4 is 28.8 Å². The number of likely N-dealkylation sites (N-methyl/N-ethyl adjacent to an activating group) is 1. The fourth-order valence-corrected chi connectivity index (χ4v) is 4.67. The lowest BCUT2D eigenvalue weighted by molar-refractivity contribution is 0.102. The Labute approximate surface area is 191 Å². The highest BCUT2D eigenvalue weighted by Gasteiger charge is 2.30. The Balaban J connectivity index is 1.44. The first-order chi connectivity index (χ1) is 15.9. The molecule has 0 atom stereocenters. The van der Waals surface area contributed by atoms with Crippen LogP contribution in [0.2, 0.25) is 0 Å². The Morgan fingerprint density at radius 3 is 2.55 bits per heavy atom. The van der Waals surface area contributed by atoms with Crippen LogP contribution in [0.15, 0.2) is 54.6 Å². The maximum Gasteiger partial charge on any atom is 0.256 e. The van der Waals surface area contributed by atoms with Gasteiger partial charge in [-0.3, -0.25) is 9.59 Å². The monoisotopic (exact) mass is 444 g/mol. The summed E-state index contributed by atoms with van der Waals surface area (Å²) >= 11 is 0. The molecule has 7 heteroatoms. The summed E-state index contributed by atoms with van der Waals surface area (Å²) < 4.78 is 15.1. The summed E-state index contributed by atoms with van der Waals surface area (Å²) in [5.74, 6) is -0.970. The summed E-state index contributed by atoms with van der Waals surface area (Å²) in [6.07, 6.45) is 0.938. The van der Waals surface area contributed by atoms with Crippen LogP contribution in [0.1, 0.15) is 32.7 Å². The number of benzene rings is 3. The molecule has 33 heavy (non-hydrogen) atoms. The van der Waals surface area contributed by atoms with Crippen molar-refractivity contribution in [3.63, 3.8) is 0 Å². The van der Waals surface area contributed by atoms with Crippen LogP contribution in [0.5, 0.6) is 0 Å². The summed E-state index contributed by atoms with van der Waals surface area (Å²) in [7, 11) is 2.05. The summed E-state index contributed by atoms with van der Waals surface area (Å²) in [5, 5.41) is 2.75. The predicted octanol–water partition coefficient (Wildman–Crippen LogP) is 4.01. The molecule has 0 unspecified atom stereocenters. The third-order valence-corrected chi connectivity index (χ3v) is 6.42. The number of rotatable bonds is 3. The van der Waals surface area contributed by atoms with E-state index in [1.807, 2.05) is 17.0 Å². The average Bonchev–Trinajstić information content (AvgIpc) is 2.94. The van der Waals surface area contributed by atoms with Gasteiger partial charge in [0.2, 0.25) is 0 Å². The number of nitrogen functional groups attached to an aromatic ring is 1. The van der Waals surface area contributed by atoms with Crippen molar-refractivity contribution in [3.8, 4) is 11.1 Å². The highest BCUT2D eigenvalue weighted by atomic mass is 19.1. The van der Waals surface area contributed by atoms with Crippen LogP contribution in [0, 0.1) is 5.82 Å². The molecule has 1 heterocycles. The summed E-state index contributed by atoms with van der Waals surface area (Å²) in [5.41, 5.74) is 9.92. The van der Waals surface area contributed by atoms with Crippen molar-refractivity contribution in [2.45, 2.75) is 6.42 Å². The van der Waals surface area contributed by atoms with Crippen LogP contribution in [0.4, 0.5) is 21.5 Å². The Hall–Kier alpha value is -3.71. The molecule has 0 spiro atoms. The van der Waals surface area contributed by atoms with E-state index in [1.54, 1.807) is 36.4 Å². The molecule has 0 saturated carbocycles. The van der Waals surface area contributed by atoms with Crippen LogP contribution in [0.3, 0.4) is 0 Å². The molecule has 168 valence electrons. The van der Waals surface area contributed by atoms with E-state index in [-0.39, 0.29) is 11.5 Å². The topological polar surface area (TPSA) is 78.7 Å². The van der Waals surface area contributed by atoms with Gasteiger partial charge in [-0.1, -0.05) is 36.4 Å². The largest absolute Gasteiger partial charge is 0.397 e. The molecule has 3 aromatic rings. The fourth-order valence-electron chi connectivity index (χ4n) is 4.67. The molecule has 3 aromatic carbocycles. The Morgan fingerprint density at radius 1 is 0.970 bits per heavy atom. The van der Waals surface area contributed by atoms with E-state index in [1.165, 1.54) is 6.07 Å². The van der Waals surface area contributed by atoms with Gasteiger partial charge in [-0.15, -0.1) is 0 Å². The molecule has 1 aliphatic heterocycles. The SMILES string of the molecule is CN1CCCN(c2cc(N)c(NC(=O)c3cccc4c3-c3ccccc3C4=O)cc2F)CC1. The van der Waals surface area contributed by atoms with Gasteiger partial charge in [-0.05, 0) is 37.7 Å². The van der Waals surface area contributed by atoms with Crippen molar-refractivity contribution in [1.29, 1.82) is 0 Å². The van der Waals surface area contributed by atoms with Gasteiger partial charge in [-0.25, -0.2) is 4.39 Å². The Bertz CT molecular complexity index is 1270. The van der Waals surface area contributed by atoms with E-state index in [0.717, 1.165) is 31.6 Å². The molecule has 3 N–H and O–H groups in total. The first kappa shape index (κ1) is 21.2. The number of nitrogens with two attached hydrogens (primary N) is 1. The maximum atomic E-state index is 15.1. The van der Waals surface area contributed by atoms with E-state index in [9.17, 15) is 9.59 Å². The number of hydrogen-bond donors (Lipinski definition) is 2. The number of amides is 1. The van der Waals surface area contributed by atoms with E-state index in [4.69, 9.17) is 5.73 Å². The quantitative estimate of drug-likeness (QED) is 0.467. The van der Waals surface area contributed by atoms with Crippen molar-refractivity contribution < 1.29 is 14.0 Å². The number of nitrogens with one attached hydrogen (secondary N) is 1. The van der Waals surface area contributed by atoms with Gasteiger partial charge in [0.1, 0.15) is 5.82 Å². The number of anilines is 3. The lowest BCUT2D eigenvalue weighted by Gasteiger charge is -2.24. The second-order valence-corrected chi connectivity index (χ2v) is 8.59. The molecule has 1 saturated heterocycles. The van der Waals surface area contributed by atoms with Crippen LogP contribution in [-0.4, -0.2) is 49.8 Å². The van der Waals surface area contributed by atoms with Crippen LogP contribution in [0.25, 0.3) is 11.1 Å². The first-order valence-corrected chi connectivity index (χ1v) is 11.0. The zero-order chi connectivity index (χ0) is 23.1. The third-order valence-electron chi connectivity index (χ3n) is 6.42. The normalized spacial score (nSPS) is 15.7. The number of ketones is 1. The highest BCUT2D eigenvalue weighted by molar-refractivity contribution is 6.25. The number of carbonyl (C=O) groups is 2. The summed E-state index contributed by atoms with van der Waals surface area (Å²) in [4.78, 5) is 30.2. The van der Waals surface area contributed by atoms with Crippen LogP contribution in [-0.2, 0) is 0 Å². The van der Waals surface area contributed by atoms with Gasteiger partial charge in [0.15, 0.2) is 5.78 Å². The highest BCUT2D eigenvalue weighted by Crippen LogP contribution is 2.39. The van der Waals surface area contributed by atoms with Crippen molar-refractivity contribution in [2.24, 2.45) is 0 Å². The molecular formula is C26H25FN4O2. The van der Waals surface area contributed by atoms with Gasteiger partial charge < -0.3 is 20.9 Å². The van der Waals surface area contributed by atoms with E-state index in [2.05, 4.69) is 17.3 Å². The zero-order valence-electron chi connectivity index (χ0n) is 18.4. The molecule has 1 fully saturated rings. The summed E-state index contributed by atoms with van der Waals surface area (Å²) in [6, 6.07) is 15.2. The molecular weight excluding hydrogens is 419 g/mol. The number of nitrogens with zero attached hydrogens (tertiary/aromatic N) is 2. The summed E-state index contributed by atoms with van der Waals surface area (Å²) in [6.45, 7) is 3.27. The first-order valence-electron chi connectivity index (χ1n) is 11.0. The Morgan fingerprint density at radius 2 is 1.73 bits per heavy atom. The number of hydrogen-bond acceptors (Lipinski definition) is 5. The second-order valence-electron chi connectivity index (χ2n) is 8.59. The maximum absolute atomic E-state index is 15.1.